The van der Waals surface area contributed by atoms with E-state index in [0.29, 0.717) is 0 Å². The summed E-state index contributed by atoms with van der Waals surface area (Å²) in [5.74, 6) is -3.00. The van der Waals surface area contributed by atoms with Gasteiger partial charge < -0.3 is 30.3 Å². The molecule has 0 radical (unpaired) electrons. The Labute approximate surface area is 284 Å². The summed E-state index contributed by atoms with van der Waals surface area (Å²) in [5, 5.41) is 24.2. The van der Waals surface area contributed by atoms with Crippen molar-refractivity contribution in [3.63, 3.8) is 0 Å². The molecular weight excluding hydrogens is 653 g/mol. The number of hydrogen-bond donors (Lipinski definition) is 4. The number of alkyl carbamates (subject to hydrolysis) is 2. The highest BCUT2D eigenvalue weighted by atomic mass is 33.1. The Morgan fingerprint density at radius 2 is 0.833 bits per heavy atom. The van der Waals surface area contributed by atoms with Gasteiger partial charge in [-0.3, -0.25) is 0 Å². The second kappa shape index (κ2) is 14.9. The minimum atomic E-state index is -1.28. The first-order valence-corrected chi connectivity index (χ1v) is 17.7. The number of carbonyl (C=O) groups is 4. The first kappa shape index (κ1) is 33.0. The minimum absolute atomic E-state index is 0.0376. The van der Waals surface area contributed by atoms with E-state index in [0.717, 1.165) is 66.1 Å². The van der Waals surface area contributed by atoms with Gasteiger partial charge in [-0.2, -0.15) is 0 Å². The van der Waals surface area contributed by atoms with E-state index in [1.54, 1.807) is 0 Å². The van der Waals surface area contributed by atoms with Crippen molar-refractivity contribution in [2.24, 2.45) is 0 Å². The monoisotopic (exact) mass is 684 g/mol. The number of amides is 2. The lowest BCUT2D eigenvalue weighted by Gasteiger charge is -2.18. The summed E-state index contributed by atoms with van der Waals surface area (Å²) in [5.41, 5.74) is 8.44. The Morgan fingerprint density at radius 1 is 0.542 bits per heavy atom. The van der Waals surface area contributed by atoms with Gasteiger partial charge in [0.1, 0.15) is 25.3 Å². The first-order valence-electron chi connectivity index (χ1n) is 15.2. The molecular formula is C36H32N2O8S2. The fraction of sp³-hybridized carbons (Fsp3) is 0.222. The van der Waals surface area contributed by atoms with Crippen LogP contribution in [0.3, 0.4) is 0 Å². The van der Waals surface area contributed by atoms with Crippen molar-refractivity contribution in [3.8, 4) is 22.3 Å². The topological polar surface area (TPSA) is 151 Å². The molecule has 4 N–H and O–H groups in total. The third-order valence-electron chi connectivity index (χ3n) is 8.42. The molecule has 12 heteroatoms. The van der Waals surface area contributed by atoms with Crippen LogP contribution in [0.15, 0.2) is 97.1 Å². The number of hydrogen-bond acceptors (Lipinski definition) is 8. The highest BCUT2D eigenvalue weighted by Crippen LogP contribution is 2.45. The second-order valence-corrected chi connectivity index (χ2v) is 13.8. The van der Waals surface area contributed by atoms with Crippen LogP contribution in [0.25, 0.3) is 22.3 Å². The molecule has 0 heterocycles. The van der Waals surface area contributed by atoms with Gasteiger partial charge in [-0.1, -0.05) is 119 Å². The molecule has 0 fully saturated rings. The maximum atomic E-state index is 12.6. The van der Waals surface area contributed by atoms with Crippen molar-refractivity contribution in [2.45, 2.75) is 23.9 Å². The number of carboxylic acid groups (broad SMARTS) is 2. The number of carboxylic acids is 2. The lowest BCUT2D eigenvalue weighted by Crippen LogP contribution is -2.43. The van der Waals surface area contributed by atoms with Crippen LogP contribution >= 0.6 is 21.6 Å². The summed E-state index contributed by atoms with van der Waals surface area (Å²) in [6.45, 7) is 0.0752. The fourth-order valence-electron chi connectivity index (χ4n) is 6.15. The Kier molecular flexibility index (Phi) is 10.2. The molecule has 48 heavy (non-hydrogen) atoms. The van der Waals surface area contributed by atoms with Gasteiger partial charge in [0.05, 0.1) is 0 Å². The molecule has 6 rings (SSSR count). The number of ether oxygens (including phenoxy) is 2. The maximum absolute atomic E-state index is 12.6. The van der Waals surface area contributed by atoms with E-state index in [1.807, 2.05) is 97.1 Å². The van der Waals surface area contributed by atoms with Gasteiger partial charge in [0.15, 0.2) is 0 Å². The molecule has 0 aliphatic heterocycles. The van der Waals surface area contributed by atoms with E-state index in [-0.39, 0.29) is 36.6 Å². The van der Waals surface area contributed by atoms with Crippen molar-refractivity contribution >= 4 is 45.7 Å². The smallest absolute Gasteiger partial charge is 0.407 e. The highest BCUT2D eigenvalue weighted by Gasteiger charge is 2.31. The molecule has 0 spiro atoms. The highest BCUT2D eigenvalue weighted by molar-refractivity contribution is 8.76. The van der Waals surface area contributed by atoms with Crippen LogP contribution in [0.1, 0.15) is 34.1 Å². The molecule has 4 aromatic carbocycles. The Hall–Kier alpha value is -4.94. The van der Waals surface area contributed by atoms with Crippen molar-refractivity contribution in [1.29, 1.82) is 0 Å². The molecule has 0 saturated heterocycles. The van der Waals surface area contributed by atoms with Crippen LogP contribution < -0.4 is 10.6 Å². The molecule has 1 unspecified atom stereocenters. The summed E-state index contributed by atoms with van der Waals surface area (Å²) in [4.78, 5) is 49.0. The normalized spacial score (nSPS) is 14.1. The number of aliphatic carboxylic acids is 2. The number of benzene rings is 4. The second-order valence-electron chi connectivity index (χ2n) is 11.3. The van der Waals surface area contributed by atoms with Gasteiger partial charge in [-0.05, 0) is 44.5 Å². The molecule has 2 aliphatic rings. The molecule has 2 atom stereocenters. The standard InChI is InChI=1S/C36H32N2O8S2/c39-33(40)31(37-35(43)45-17-29-25-13-5-1-9-21(25)22-10-2-6-14-26(22)29)19-47-48-20-32(34(41)42)38-36(44)46-18-30-27-15-7-3-11-23(27)24-12-4-8-16-28(24)30/h1-16,29-32H,17-20H2,(H,37,43)(H,38,44)(H,39,40)(H,41,42)/t31-,32?/m0/s1. The summed E-state index contributed by atoms with van der Waals surface area (Å²) in [6, 6.07) is 29.0. The van der Waals surface area contributed by atoms with E-state index in [1.165, 1.54) is 0 Å². The van der Waals surface area contributed by atoms with Crippen LogP contribution in [0.4, 0.5) is 9.59 Å². The van der Waals surface area contributed by atoms with Crippen molar-refractivity contribution in [3.05, 3.63) is 119 Å². The van der Waals surface area contributed by atoms with Crippen molar-refractivity contribution < 1.29 is 38.9 Å². The molecule has 10 nitrogen and oxygen atoms in total. The van der Waals surface area contributed by atoms with E-state index in [4.69, 9.17) is 9.47 Å². The average Bonchev–Trinajstić information content (AvgIpc) is 3.59. The molecule has 246 valence electrons. The largest absolute Gasteiger partial charge is 0.480 e. The quantitative estimate of drug-likeness (QED) is 0.0926. The fourth-order valence-corrected chi connectivity index (χ4v) is 8.46. The number of rotatable bonds is 13. The predicted octanol–water partition coefficient (Wildman–Crippen LogP) is 6.35. The summed E-state index contributed by atoms with van der Waals surface area (Å²) < 4.78 is 10.9. The van der Waals surface area contributed by atoms with E-state index in [9.17, 15) is 29.4 Å². The minimum Gasteiger partial charge on any atom is -0.480 e. The van der Waals surface area contributed by atoms with Crippen molar-refractivity contribution in [2.75, 3.05) is 24.7 Å². The third kappa shape index (κ3) is 7.14. The SMILES string of the molecule is O=C(NC(CSSC[C@H](NC(=O)OCC1c2ccccc2-c2ccccc21)C(=O)O)C(=O)O)OCC1c2ccccc2-c2ccccc21. The lowest BCUT2D eigenvalue weighted by atomic mass is 9.98. The van der Waals surface area contributed by atoms with E-state index in [2.05, 4.69) is 10.6 Å². The van der Waals surface area contributed by atoms with Crippen LogP contribution in [0.5, 0.6) is 0 Å². The predicted molar refractivity (Wildman–Crippen MR) is 184 cm³/mol. The molecule has 0 aromatic heterocycles. The average molecular weight is 685 g/mol. The third-order valence-corrected chi connectivity index (χ3v) is 10.8. The zero-order valence-electron chi connectivity index (χ0n) is 25.5. The first-order chi connectivity index (χ1) is 23.3. The van der Waals surface area contributed by atoms with Crippen LogP contribution in [0.2, 0.25) is 0 Å². The summed E-state index contributed by atoms with van der Waals surface area (Å²) >= 11 is 0. The zero-order valence-corrected chi connectivity index (χ0v) is 27.2. The Balaban J connectivity index is 0.957. The van der Waals surface area contributed by atoms with Crippen molar-refractivity contribution in [1.82, 2.24) is 10.6 Å². The Bertz CT molecular complexity index is 1630. The van der Waals surface area contributed by atoms with Gasteiger partial charge in [0.2, 0.25) is 0 Å². The summed E-state index contributed by atoms with van der Waals surface area (Å²) in [6.07, 6.45) is -1.73. The molecule has 2 amide bonds. The van der Waals surface area contributed by atoms with Crippen LogP contribution in [-0.4, -0.2) is 71.1 Å². The molecule has 2 aliphatic carbocycles. The van der Waals surface area contributed by atoms with Gasteiger partial charge in [-0.15, -0.1) is 0 Å². The van der Waals surface area contributed by atoms with Gasteiger partial charge in [0, 0.05) is 23.3 Å². The number of nitrogens with one attached hydrogen (secondary N) is 2. The molecule has 4 aromatic rings. The van der Waals surface area contributed by atoms with E-state index < -0.39 is 36.2 Å². The van der Waals surface area contributed by atoms with Crippen LogP contribution in [-0.2, 0) is 19.1 Å². The summed E-state index contributed by atoms with van der Waals surface area (Å²) in [7, 11) is 2.12. The van der Waals surface area contributed by atoms with Crippen LogP contribution in [0, 0.1) is 0 Å². The lowest BCUT2D eigenvalue weighted by molar-refractivity contribution is -0.139. The Morgan fingerprint density at radius 3 is 1.12 bits per heavy atom. The number of carbonyl (C=O) groups excluding carboxylic acids is 2. The van der Waals surface area contributed by atoms with Gasteiger partial charge in [-0.25, -0.2) is 19.2 Å². The maximum Gasteiger partial charge on any atom is 0.407 e. The zero-order chi connectivity index (χ0) is 33.6. The number of fused-ring (bicyclic) bond motifs is 6. The molecule has 0 saturated carbocycles. The molecule has 0 bridgehead atoms. The van der Waals surface area contributed by atoms with Gasteiger partial charge in [0.25, 0.3) is 0 Å². The van der Waals surface area contributed by atoms with E-state index >= 15 is 0 Å². The van der Waals surface area contributed by atoms with Gasteiger partial charge >= 0.3 is 24.1 Å².